The highest BCUT2D eigenvalue weighted by molar-refractivity contribution is 6.29. The quantitative estimate of drug-likeness (QED) is 0.766. The zero-order valence-corrected chi connectivity index (χ0v) is 9.02. The molecule has 1 unspecified atom stereocenters. The van der Waals surface area contributed by atoms with Crippen molar-refractivity contribution in [3.8, 4) is 0 Å². The van der Waals surface area contributed by atoms with Gasteiger partial charge >= 0.3 is 0 Å². The van der Waals surface area contributed by atoms with E-state index in [9.17, 15) is 5.11 Å². The minimum atomic E-state index is 0.0113. The van der Waals surface area contributed by atoms with Crippen molar-refractivity contribution in [1.29, 1.82) is 0 Å². The normalized spacial score (nSPS) is 21.7. The highest BCUT2D eigenvalue weighted by atomic mass is 35.5. The van der Waals surface area contributed by atoms with Crippen molar-refractivity contribution in [2.75, 3.05) is 31.3 Å². The lowest BCUT2D eigenvalue weighted by molar-refractivity contribution is 0.0727. The Hall–Kier alpha value is -0.840. The van der Waals surface area contributed by atoms with E-state index in [4.69, 9.17) is 16.3 Å². The minimum Gasteiger partial charge on any atom is -0.394 e. The summed E-state index contributed by atoms with van der Waals surface area (Å²) < 4.78 is 5.30. The number of hydrogen-bond donors (Lipinski definition) is 1. The van der Waals surface area contributed by atoms with E-state index in [1.54, 1.807) is 12.3 Å². The smallest absolute Gasteiger partial charge is 0.131 e. The van der Waals surface area contributed by atoms with Gasteiger partial charge in [-0.05, 0) is 12.1 Å². The number of ether oxygens (including phenoxy) is 1. The first-order valence-electron chi connectivity index (χ1n) is 4.88. The Kier molecular flexibility index (Phi) is 3.41. The summed E-state index contributed by atoms with van der Waals surface area (Å²) in [5.41, 5.74) is 0.984. The van der Waals surface area contributed by atoms with Gasteiger partial charge in [0.15, 0.2) is 0 Å². The van der Waals surface area contributed by atoms with Crippen LogP contribution in [0.5, 0.6) is 0 Å². The van der Waals surface area contributed by atoms with Crippen molar-refractivity contribution < 1.29 is 9.84 Å². The van der Waals surface area contributed by atoms with E-state index in [2.05, 4.69) is 9.88 Å². The number of nitrogens with zero attached hydrogens (tertiary/aromatic N) is 2. The third kappa shape index (κ3) is 2.40. The van der Waals surface area contributed by atoms with Gasteiger partial charge in [0.1, 0.15) is 5.15 Å². The van der Waals surface area contributed by atoms with Crippen LogP contribution in [-0.2, 0) is 4.74 Å². The van der Waals surface area contributed by atoms with Crippen LogP contribution in [0.4, 0.5) is 5.69 Å². The Morgan fingerprint density at radius 3 is 3.27 bits per heavy atom. The molecule has 1 aromatic rings. The van der Waals surface area contributed by atoms with Crippen LogP contribution in [0.1, 0.15) is 0 Å². The molecule has 82 valence electrons. The van der Waals surface area contributed by atoms with E-state index in [1.165, 1.54) is 0 Å². The zero-order valence-electron chi connectivity index (χ0n) is 8.27. The molecule has 1 aliphatic rings. The van der Waals surface area contributed by atoms with E-state index in [1.807, 2.05) is 6.07 Å². The molecule has 1 N–H and O–H groups in total. The van der Waals surface area contributed by atoms with Crippen LogP contribution in [0.25, 0.3) is 0 Å². The van der Waals surface area contributed by atoms with Gasteiger partial charge in [-0.15, -0.1) is 0 Å². The molecule has 0 aliphatic carbocycles. The number of aromatic nitrogens is 1. The summed E-state index contributed by atoms with van der Waals surface area (Å²) in [5, 5.41) is 9.69. The lowest BCUT2D eigenvalue weighted by Gasteiger charge is -2.36. The van der Waals surface area contributed by atoms with Crippen LogP contribution in [-0.4, -0.2) is 42.5 Å². The van der Waals surface area contributed by atoms with Gasteiger partial charge in [0.05, 0.1) is 25.9 Å². The highest BCUT2D eigenvalue weighted by Crippen LogP contribution is 2.21. The molecule has 5 heteroatoms. The van der Waals surface area contributed by atoms with E-state index in [-0.39, 0.29) is 12.6 Å². The molecule has 1 saturated heterocycles. The summed E-state index contributed by atoms with van der Waals surface area (Å²) in [6, 6.07) is 3.70. The van der Waals surface area contributed by atoms with Gasteiger partial charge in [0.2, 0.25) is 0 Å². The van der Waals surface area contributed by atoms with Gasteiger partial charge in [0.25, 0.3) is 0 Å². The topological polar surface area (TPSA) is 45.6 Å². The molecule has 0 amide bonds. The standard InChI is InChI=1S/C10H13ClN2O2/c11-10-5-8(1-2-12-10)13-3-4-15-7-9(13)6-14/h1-2,5,9,14H,3-4,6-7H2. The molecule has 0 aromatic carbocycles. The Bertz CT molecular complexity index is 335. The summed E-state index contributed by atoms with van der Waals surface area (Å²) in [5.74, 6) is 0. The van der Waals surface area contributed by atoms with E-state index < -0.39 is 0 Å². The van der Waals surface area contributed by atoms with Crippen molar-refractivity contribution in [3.05, 3.63) is 23.5 Å². The van der Waals surface area contributed by atoms with Crippen LogP contribution in [0, 0.1) is 0 Å². The SMILES string of the molecule is OCC1COCCN1c1ccnc(Cl)c1. The number of halogens is 1. The highest BCUT2D eigenvalue weighted by Gasteiger charge is 2.22. The predicted molar refractivity (Wildman–Crippen MR) is 58.3 cm³/mol. The Labute approximate surface area is 93.4 Å². The number of aliphatic hydroxyl groups excluding tert-OH is 1. The van der Waals surface area contributed by atoms with Gasteiger partial charge < -0.3 is 14.7 Å². The molecular weight excluding hydrogens is 216 g/mol. The molecule has 15 heavy (non-hydrogen) atoms. The van der Waals surface area contributed by atoms with Crippen molar-refractivity contribution in [3.63, 3.8) is 0 Å². The summed E-state index contributed by atoms with van der Waals surface area (Å²) >= 11 is 5.82. The number of rotatable bonds is 2. The largest absolute Gasteiger partial charge is 0.394 e. The maximum Gasteiger partial charge on any atom is 0.131 e. The third-order valence-corrected chi connectivity index (χ3v) is 2.69. The summed E-state index contributed by atoms with van der Waals surface area (Å²) in [6.07, 6.45) is 1.67. The van der Waals surface area contributed by atoms with Crippen molar-refractivity contribution in [1.82, 2.24) is 4.98 Å². The first-order valence-corrected chi connectivity index (χ1v) is 5.26. The molecule has 0 spiro atoms. The van der Waals surface area contributed by atoms with Gasteiger partial charge in [-0.1, -0.05) is 11.6 Å². The van der Waals surface area contributed by atoms with E-state index >= 15 is 0 Å². The lowest BCUT2D eigenvalue weighted by atomic mass is 10.2. The molecule has 2 rings (SSSR count). The number of morpholine rings is 1. The number of pyridine rings is 1. The maximum atomic E-state index is 9.22. The molecule has 0 radical (unpaired) electrons. The number of hydrogen-bond acceptors (Lipinski definition) is 4. The van der Waals surface area contributed by atoms with Crippen LogP contribution in [0.2, 0.25) is 5.15 Å². The van der Waals surface area contributed by atoms with Crippen molar-refractivity contribution >= 4 is 17.3 Å². The van der Waals surface area contributed by atoms with Crippen LogP contribution in [0.15, 0.2) is 18.3 Å². The van der Waals surface area contributed by atoms with Gasteiger partial charge in [-0.2, -0.15) is 0 Å². The van der Waals surface area contributed by atoms with Gasteiger partial charge in [-0.3, -0.25) is 0 Å². The van der Waals surface area contributed by atoms with Crippen LogP contribution < -0.4 is 4.90 Å². The fraction of sp³-hybridized carbons (Fsp3) is 0.500. The van der Waals surface area contributed by atoms with E-state index in [0.29, 0.717) is 18.4 Å². The van der Waals surface area contributed by atoms with E-state index in [0.717, 1.165) is 12.2 Å². The van der Waals surface area contributed by atoms with Crippen LogP contribution >= 0.6 is 11.6 Å². The molecule has 1 atom stereocenters. The molecular formula is C10H13ClN2O2. The Morgan fingerprint density at radius 2 is 2.53 bits per heavy atom. The van der Waals surface area contributed by atoms with Crippen LogP contribution in [0.3, 0.4) is 0 Å². The predicted octanol–water partition coefficient (Wildman–Crippen LogP) is 0.932. The maximum absolute atomic E-state index is 9.22. The number of anilines is 1. The summed E-state index contributed by atoms with van der Waals surface area (Å²) in [7, 11) is 0. The third-order valence-electron chi connectivity index (χ3n) is 2.48. The minimum absolute atomic E-state index is 0.0113. The van der Waals surface area contributed by atoms with Gasteiger partial charge in [-0.25, -0.2) is 4.98 Å². The zero-order chi connectivity index (χ0) is 10.7. The average molecular weight is 229 g/mol. The number of aliphatic hydroxyl groups is 1. The first kappa shape index (κ1) is 10.7. The lowest BCUT2D eigenvalue weighted by Crippen LogP contribution is -2.47. The Morgan fingerprint density at radius 1 is 1.67 bits per heavy atom. The van der Waals surface area contributed by atoms with Gasteiger partial charge in [0, 0.05) is 18.4 Å². The second-order valence-corrected chi connectivity index (χ2v) is 3.83. The molecule has 1 aliphatic heterocycles. The second kappa shape index (κ2) is 4.79. The summed E-state index contributed by atoms with van der Waals surface area (Å²) in [4.78, 5) is 6.02. The monoisotopic (exact) mass is 228 g/mol. The average Bonchev–Trinajstić information content (AvgIpc) is 2.29. The fourth-order valence-corrected chi connectivity index (χ4v) is 1.89. The molecule has 4 nitrogen and oxygen atoms in total. The molecule has 1 aromatic heterocycles. The molecule has 0 saturated carbocycles. The summed E-state index contributed by atoms with van der Waals surface area (Å²) in [6.45, 7) is 2.08. The molecule has 0 bridgehead atoms. The van der Waals surface area contributed by atoms with Crippen molar-refractivity contribution in [2.45, 2.75) is 6.04 Å². The Balaban J connectivity index is 2.20. The van der Waals surface area contributed by atoms with Crippen molar-refractivity contribution in [2.24, 2.45) is 0 Å². The second-order valence-electron chi connectivity index (χ2n) is 3.44. The fourth-order valence-electron chi connectivity index (χ4n) is 1.72. The molecule has 2 heterocycles. The molecule has 1 fully saturated rings. The first-order chi connectivity index (χ1) is 7.31.